The predicted molar refractivity (Wildman–Crippen MR) is 77.7 cm³/mol. The van der Waals surface area contributed by atoms with E-state index >= 15 is 0 Å². The minimum atomic E-state index is 0.937. The van der Waals surface area contributed by atoms with Crippen molar-refractivity contribution in [1.29, 1.82) is 0 Å². The number of aryl methyl sites for hydroxylation is 1. The van der Waals surface area contributed by atoms with Gasteiger partial charge in [0.25, 0.3) is 0 Å². The van der Waals surface area contributed by atoms with Gasteiger partial charge in [-0.1, -0.05) is 12.1 Å². The zero-order chi connectivity index (χ0) is 12.1. The van der Waals surface area contributed by atoms with Crippen LogP contribution in [0, 0.1) is 0 Å². The molecule has 2 rings (SSSR count). The zero-order valence-corrected chi connectivity index (χ0v) is 11.4. The second-order valence-electron chi connectivity index (χ2n) is 4.24. The van der Waals surface area contributed by atoms with Gasteiger partial charge in [-0.25, -0.2) is 0 Å². The van der Waals surface area contributed by atoms with E-state index in [0.717, 1.165) is 13.1 Å². The summed E-state index contributed by atoms with van der Waals surface area (Å²) in [6, 6.07) is 8.81. The van der Waals surface area contributed by atoms with Gasteiger partial charge in [-0.05, 0) is 43.2 Å². The molecule has 1 N–H and O–H groups in total. The Morgan fingerprint density at radius 1 is 1.29 bits per heavy atom. The van der Waals surface area contributed by atoms with Crippen molar-refractivity contribution in [3.05, 3.63) is 36.0 Å². The molecule has 0 radical (unpaired) electrons. The van der Waals surface area contributed by atoms with E-state index in [1.807, 2.05) is 18.8 Å². The first kappa shape index (κ1) is 12.5. The molecule has 0 aliphatic heterocycles. The van der Waals surface area contributed by atoms with Crippen LogP contribution in [0.1, 0.15) is 12.0 Å². The summed E-state index contributed by atoms with van der Waals surface area (Å²) in [6.45, 7) is 2.06. The van der Waals surface area contributed by atoms with Crippen molar-refractivity contribution in [3.63, 3.8) is 0 Å². The molecule has 2 aromatic rings. The highest BCUT2D eigenvalue weighted by Gasteiger charge is 2.04. The third kappa shape index (κ3) is 2.85. The number of nitrogens with zero attached hydrogens (tertiary/aromatic N) is 1. The Hall–Kier alpha value is -0.930. The van der Waals surface area contributed by atoms with Gasteiger partial charge in [-0.3, -0.25) is 0 Å². The second-order valence-corrected chi connectivity index (χ2v) is 5.22. The van der Waals surface area contributed by atoms with Gasteiger partial charge in [0, 0.05) is 30.2 Å². The Balaban J connectivity index is 2.24. The van der Waals surface area contributed by atoms with Crippen molar-refractivity contribution in [2.75, 3.05) is 19.1 Å². The van der Waals surface area contributed by atoms with Gasteiger partial charge in [-0.2, -0.15) is 11.8 Å². The van der Waals surface area contributed by atoms with E-state index in [0.29, 0.717) is 0 Å². The van der Waals surface area contributed by atoms with E-state index in [1.54, 1.807) is 0 Å². The molecule has 0 saturated heterocycles. The lowest BCUT2D eigenvalue weighted by molar-refractivity contribution is 0.709. The summed E-state index contributed by atoms with van der Waals surface area (Å²) in [5.41, 5.74) is 2.74. The smallest absolute Gasteiger partial charge is 0.0483 e. The standard InChI is InChI=1S/C14H20N2S/c1-15-11-12-5-3-6-14-13(12)7-9-16(14)8-4-10-17-2/h3,5-7,9,15H,4,8,10-11H2,1-2H3. The van der Waals surface area contributed by atoms with Gasteiger partial charge in [-0.15, -0.1) is 0 Å². The Morgan fingerprint density at radius 3 is 2.94 bits per heavy atom. The number of nitrogens with one attached hydrogen (secondary N) is 1. The predicted octanol–water partition coefficient (Wildman–Crippen LogP) is 3.11. The summed E-state index contributed by atoms with van der Waals surface area (Å²) in [4.78, 5) is 0. The van der Waals surface area contributed by atoms with Crippen LogP contribution in [0.25, 0.3) is 10.9 Å². The Bertz CT molecular complexity index is 476. The molecule has 0 unspecified atom stereocenters. The fraction of sp³-hybridized carbons (Fsp3) is 0.429. The molecular weight excluding hydrogens is 228 g/mol. The zero-order valence-electron chi connectivity index (χ0n) is 10.6. The molecule has 2 nitrogen and oxygen atoms in total. The number of rotatable bonds is 6. The first-order valence-electron chi connectivity index (χ1n) is 6.07. The van der Waals surface area contributed by atoms with Gasteiger partial charge >= 0.3 is 0 Å². The second kappa shape index (κ2) is 6.12. The maximum Gasteiger partial charge on any atom is 0.0483 e. The van der Waals surface area contributed by atoms with Crippen LogP contribution in [0.15, 0.2) is 30.5 Å². The van der Waals surface area contributed by atoms with Crippen molar-refractivity contribution >= 4 is 22.7 Å². The molecule has 0 aliphatic rings. The van der Waals surface area contributed by atoms with Crippen molar-refractivity contribution in [1.82, 2.24) is 9.88 Å². The highest BCUT2D eigenvalue weighted by Crippen LogP contribution is 2.20. The summed E-state index contributed by atoms with van der Waals surface area (Å²) >= 11 is 1.92. The van der Waals surface area contributed by atoms with Crippen molar-refractivity contribution in [3.8, 4) is 0 Å². The molecule has 0 atom stereocenters. The number of benzene rings is 1. The molecule has 0 spiro atoms. The molecule has 0 aliphatic carbocycles. The number of thioether (sulfide) groups is 1. The normalized spacial score (nSPS) is 11.2. The van der Waals surface area contributed by atoms with E-state index in [4.69, 9.17) is 0 Å². The van der Waals surface area contributed by atoms with Gasteiger partial charge in [0.05, 0.1) is 0 Å². The third-order valence-corrected chi connectivity index (χ3v) is 3.72. The first-order chi connectivity index (χ1) is 8.36. The number of hydrogen-bond donors (Lipinski definition) is 1. The van der Waals surface area contributed by atoms with Gasteiger partial charge in [0.15, 0.2) is 0 Å². The summed E-state index contributed by atoms with van der Waals surface area (Å²) < 4.78 is 2.37. The van der Waals surface area contributed by atoms with Gasteiger partial charge < -0.3 is 9.88 Å². The van der Waals surface area contributed by atoms with E-state index in [9.17, 15) is 0 Å². The van der Waals surface area contributed by atoms with E-state index < -0.39 is 0 Å². The lowest BCUT2D eigenvalue weighted by Gasteiger charge is -2.06. The molecule has 0 saturated carbocycles. The van der Waals surface area contributed by atoms with Crippen molar-refractivity contribution in [2.45, 2.75) is 19.5 Å². The largest absolute Gasteiger partial charge is 0.347 e. The Kier molecular flexibility index (Phi) is 4.51. The van der Waals surface area contributed by atoms with Crippen LogP contribution in [0.3, 0.4) is 0 Å². The Labute approximate surface area is 107 Å². The molecule has 0 amide bonds. The molecule has 92 valence electrons. The SMILES string of the molecule is CNCc1cccc2c1ccn2CCCSC. The molecule has 1 aromatic heterocycles. The molecule has 17 heavy (non-hydrogen) atoms. The quantitative estimate of drug-likeness (QED) is 0.791. The van der Waals surface area contributed by atoms with Crippen molar-refractivity contribution in [2.24, 2.45) is 0 Å². The highest BCUT2D eigenvalue weighted by atomic mass is 32.2. The average Bonchev–Trinajstić information content (AvgIpc) is 2.75. The highest BCUT2D eigenvalue weighted by molar-refractivity contribution is 7.98. The maximum atomic E-state index is 3.23. The van der Waals surface area contributed by atoms with Gasteiger partial charge in [0.2, 0.25) is 0 Å². The summed E-state index contributed by atoms with van der Waals surface area (Å²) in [5.74, 6) is 1.23. The van der Waals surface area contributed by atoms with Crippen LogP contribution in [0.2, 0.25) is 0 Å². The molecule has 0 fully saturated rings. The average molecular weight is 248 g/mol. The number of fused-ring (bicyclic) bond motifs is 1. The first-order valence-corrected chi connectivity index (χ1v) is 7.46. The third-order valence-electron chi connectivity index (χ3n) is 3.02. The summed E-state index contributed by atoms with van der Waals surface area (Å²) in [5, 5.41) is 4.61. The minimum absolute atomic E-state index is 0.937. The lowest BCUT2D eigenvalue weighted by atomic mass is 10.1. The van der Waals surface area contributed by atoms with Crippen LogP contribution in [0.5, 0.6) is 0 Å². The molecular formula is C14H20N2S. The fourth-order valence-corrected chi connectivity index (χ4v) is 2.62. The van der Waals surface area contributed by atoms with Crippen LogP contribution in [0.4, 0.5) is 0 Å². The van der Waals surface area contributed by atoms with E-state index in [1.165, 1.54) is 28.6 Å². The molecule has 1 aromatic carbocycles. The van der Waals surface area contributed by atoms with Crippen molar-refractivity contribution < 1.29 is 0 Å². The summed E-state index contributed by atoms with van der Waals surface area (Å²) in [6.07, 6.45) is 5.62. The topological polar surface area (TPSA) is 17.0 Å². The lowest BCUT2D eigenvalue weighted by Crippen LogP contribution is -2.05. The molecule has 3 heteroatoms. The van der Waals surface area contributed by atoms with Crippen LogP contribution < -0.4 is 5.32 Å². The molecule has 0 bridgehead atoms. The Morgan fingerprint density at radius 2 is 2.18 bits per heavy atom. The van der Waals surface area contributed by atoms with E-state index in [-0.39, 0.29) is 0 Å². The fourth-order valence-electron chi connectivity index (χ4n) is 2.21. The maximum absolute atomic E-state index is 3.23. The summed E-state index contributed by atoms with van der Waals surface area (Å²) in [7, 11) is 1.99. The monoisotopic (exact) mass is 248 g/mol. The van der Waals surface area contributed by atoms with Crippen LogP contribution in [-0.2, 0) is 13.1 Å². The van der Waals surface area contributed by atoms with Crippen LogP contribution in [-0.4, -0.2) is 23.6 Å². The van der Waals surface area contributed by atoms with Gasteiger partial charge in [0.1, 0.15) is 0 Å². The van der Waals surface area contributed by atoms with Crippen LogP contribution >= 0.6 is 11.8 Å². The number of hydrogen-bond acceptors (Lipinski definition) is 2. The number of aromatic nitrogens is 1. The van der Waals surface area contributed by atoms with E-state index in [2.05, 4.69) is 46.6 Å². The molecule has 1 heterocycles. The minimum Gasteiger partial charge on any atom is -0.347 e.